The van der Waals surface area contributed by atoms with Crippen LogP contribution in [0.5, 0.6) is 0 Å². The standard InChI is InChI=1S/C16H12N2O2S/c17-10-12-5-1-2-7-15(12)18-16(20)13-9-14(21-11-13)6-3-4-8-19/h1-2,5,7,9,11,19H,4,8H2,(H,18,20). The van der Waals surface area contributed by atoms with Crippen molar-refractivity contribution in [2.45, 2.75) is 6.42 Å². The third kappa shape index (κ3) is 3.93. The first-order valence-corrected chi connectivity index (χ1v) is 7.11. The number of aliphatic hydroxyl groups is 1. The number of amides is 1. The van der Waals surface area contributed by atoms with E-state index in [1.807, 2.05) is 6.07 Å². The lowest BCUT2D eigenvalue weighted by atomic mass is 10.2. The molecule has 2 aromatic rings. The summed E-state index contributed by atoms with van der Waals surface area (Å²) >= 11 is 1.37. The van der Waals surface area contributed by atoms with Gasteiger partial charge in [-0.3, -0.25) is 4.79 Å². The van der Waals surface area contributed by atoms with Crippen LogP contribution in [0.4, 0.5) is 5.69 Å². The highest BCUT2D eigenvalue weighted by molar-refractivity contribution is 7.10. The lowest BCUT2D eigenvalue weighted by molar-refractivity contribution is 0.102. The second-order valence-corrected chi connectivity index (χ2v) is 5.00. The van der Waals surface area contributed by atoms with Crippen molar-refractivity contribution in [2.75, 3.05) is 11.9 Å². The third-order valence-corrected chi connectivity index (χ3v) is 3.45. The van der Waals surface area contributed by atoms with Crippen molar-refractivity contribution in [3.63, 3.8) is 0 Å². The van der Waals surface area contributed by atoms with Crippen molar-refractivity contribution >= 4 is 22.9 Å². The Morgan fingerprint density at radius 1 is 1.38 bits per heavy atom. The number of hydrogen-bond acceptors (Lipinski definition) is 4. The van der Waals surface area contributed by atoms with Gasteiger partial charge in [-0.25, -0.2) is 0 Å². The molecular formula is C16H12N2O2S. The van der Waals surface area contributed by atoms with Gasteiger partial charge in [0.05, 0.1) is 28.3 Å². The average molecular weight is 296 g/mol. The Hall–Kier alpha value is -2.60. The van der Waals surface area contributed by atoms with E-state index in [1.165, 1.54) is 11.3 Å². The van der Waals surface area contributed by atoms with E-state index in [-0.39, 0.29) is 12.5 Å². The molecular weight excluding hydrogens is 284 g/mol. The summed E-state index contributed by atoms with van der Waals surface area (Å²) < 4.78 is 0. The van der Waals surface area contributed by atoms with E-state index in [9.17, 15) is 4.79 Å². The molecule has 4 nitrogen and oxygen atoms in total. The maximum atomic E-state index is 12.1. The molecule has 2 rings (SSSR count). The summed E-state index contributed by atoms with van der Waals surface area (Å²) in [4.78, 5) is 12.9. The van der Waals surface area contributed by atoms with Gasteiger partial charge in [0, 0.05) is 11.8 Å². The summed E-state index contributed by atoms with van der Waals surface area (Å²) in [5.41, 5.74) is 1.41. The fourth-order valence-corrected chi connectivity index (χ4v) is 2.37. The van der Waals surface area contributed by atoms with E-state index < -0.39 is 0 Å². The molecule has 0 bridgehead atoms. The summed E-state index contributed by atoms with van der Waals surface area (Å²) in [7, 11) is 0. The first-order chi connectivity index (χ1) is 10.2. The van der Waals surface area contributed by atoms with Gasteiger partial charge in [-0.1, -0.05) is 24.0 Å². The zero-order valence-corrected chi connectivity index (χ0v) is 11.9. The van der Waals surface area contributed by atoms with Crippen molar-refractivity contribution in [2.24, 2.45) is 0 Å². The molecule has 104 valence electrons. The largest absolute Gasteiger partial charge is 0.395 e. The highest BCUT2D eigenvalue weighted by Gasteiger charge is 2.10. The lowest BCUT2D eigenvalue weighted by Crippen LogP contribution is -2.11. The molecule has 1 amide bonds. The molecule has 0 saturated heterocycles. The number of thiophene rings is 1. The fourth-order valence-electron chi connectivity index (χ4n) is 1.61. The number of para-hydroxylation sites is 1. The van der Waals surface area contributed by atoms with E-state index in [1.54, 1.807) is 35.7 Å². The SMILES string of the molecule is N#Cc1ccccc1NC(=O)c1csc(C#CCCO)c1. The average Bonchev–Trinajstić information content (AvgIpc) is 2.97. The van der Waals surface area contributed by atoms with Crippen molar-refractivity contribution in [3.8, 4) is 17.9 Å². The predicted octanol–water partition coefficient (Wildman–Crippen LogP) is 2.61. The minimum atomic E-state index is -0.274. The number of nitriles is 1. The molecule has 0 unspecified atom stereocenters. The van der Waals surface area contributed by atoms with Gasteiger partial charge in [0.1, 0.15) is 6.07 Å². The predicted molar refractivity (Wildman–Crippen MR) is 82.0 cm³/mol. The summed E-state index contributed by atoms with van der Waals surface area (Å²) in [6.07, 6.45) is 0.412. The molecule has 0 saturated carbocycles. The van der Waals surface area contributed by atoms with Crippen LogP contribution in [0, 0.1) is 23.2 Å². The first-order valence-electron chi connectivity index (χ1n) is 6.23. The van der Waals surface area contributed by atoms with Crippen molar-refractivity contribution in [1.29, 1.82) is 5.26 Å². The van der Waals surface area contributed by atoms with E-state index in [4.69, 9.17) is 10.4 Å². The number of carbonyl (C=O) groups excluding carboxylic acids is 1. The topological polar surface area (TPSA) is 73.1 Å². The summed E-state index contributed by atoms with van der Waals surface area (Å²) in [6.45, 7) is 0.0245. The maximum absolute atomic E-state index is 12.1. The summed E-state index contributed by atoms with van der Waals surface area (Å²) in [6, 6.07) is 10.6. The van der Waals surface area contributed by atoms with Crippen molar-refractivity contribution in [1.82, 2.24) is 0 Å². The number of hydrogen-bond donors (Lipinski definition) is 2. The maximum Gasteiger partial charge on any atom is 0.256 e. The molecule has 21 heavy (non-hydrogen) atoms. The van der Waals surface area contributed by atoms with E-state index in [0.29, 0.717) is 23.2 Å². The second kappa shape index (κ2) is 7.25. The van der Waals surface area contributed by atoms with Gasteiger partial charge in [0.25, 0.3) is 5.91 Å². The van der Waals surface area contributed by atoms with Crippen LogP contribution in [0.15, 0.2) is 35.7 Å². The Balaban J connectivity index is 2.11. The zero-order valence-electron chi connectivity index (χ0n) is 11.1. The molecule has 5 heteroatoms. The van der Waals surface area contributed by atoms with Crippen LogP contribution >= 0.6 is 11.3 Å². The second-order valence-electron chi connectivity index (χ2n) is 4.09. The van der Waals surface area contributed by atoms with Gasteiger partial charge < -0.3 is 10.4 Å². The number of anilines is 1. The third-order valence-electron chi connectivity index (χ3n) is 2.61. The number of nitrogens with one attached hydrogen (secondary N) is 1. The number of nitrogens with zero attached hydrogens (tertiary/aromatic N) is 1. The van der Waals surface area contributed by atoms with Crippen LogP contribution in [0.1, 0.15) is 27.2 Å². The van der Waals surface area contributed by atoms with Crippen LogP contribution in [0.2, 0.25) is 0 Å². The van der Waals surface area contributed by atoms with Gasteiger partial charge in [-0.05, 0) is 18.2 Å². The van der Waals surface area contributed by atoms with Crippen molar-refractivity contribution in [3.05, 3.63) is 51.7 Å². The van der Waals surface area contributed by atoms with Gasteiger partial charge in [0.15, 0.2) is 0 Å². The molecule has 0 aliphatic heterocycles. The van der Waals surface area contributed by atoms with E-state index in [0.717, 1.165) is 4.88 Å². The Bertz CT molecular complexity index is 747. The molecule has 2 N–H and O–H groups in total. The number of carbonyl (C=O) groups is 1. The van der Waals surface area contributed by atoms with Gasteiger partial charge >= 0.3 is 0 Å². The summed E-state index contributed by atoms with van der Waals surface area (Å²) in [5, 5.41) is 22.1. The monoisotopic (exact) mass is 296 g/mol. The smallest absolute Gasteiger partial charge is 0.256 e. The van der Waals surface area contributed by atoms with Gasteiger partial charge in [-0.2, -0.15) is 5.26 Å². The van der Waals surface area contributed by atoms with E-state index in [2.05, 4.69) is 17.2 Å². The number of aliphatic hydroxyl groups excluding tert-OH is 1. The Labute approximate surface area is 126 Å². The highest BCUT2D eigenvalue weighted by atomic mass is 32.1. The normalized spacial score (nSPS) is 9.33. The Kier molecular flexibility index (Phi) is 5.11. The number of rotatable bonds is 3. The van der Waals surface area contributed by atoms with Gasteiger partial charge in [0.2, 0.25) is 0 Å². The molecule has 0 aliphatic carbocycles. The molecule has 0 fully saturated rings. The first kappa shape index (κ1) is 14.8. The molecule has 1 aromatic carbocycles. The molecule has 0 spiro atoms. The molecule has 0 atom stereocenters. The van der Waals surface area contributed by atoms with Crippen LogP contribution in [0.25, 0.3) is 0 Å². The summed E-state index contributed by atoms with van der Waals surface area (Å²) in [5.74, 6) is 5.42. The Morgan fingerprint density at radius 2 is 2.19 bits per heavy atom. The minimum absolute atomic E-state index is 0.0245. The minimum Gasteiger partial charge on any atom is -0.395 e. The highest BCUT2D eigenvalue weighted by Crippen LogP contribution is 2.18. The Morgan fingerprint density at radius 3 is 2.95 bits per heavy atom. The molecule has 1 heterocycles. The van der Waals surface area contributed by atoms with Crippen LogP contribution in [-0.4, -0.2) is 17.6 Å². The van der Waals surface area contributed by atoms with Crippen LogP contribution in [0.3, 0.4) is 0 Å². The lowest BCUT2D eigenvalue weighted by Gasteiger charge is -2.04. The van der Waals surface area contributed by atoms with Crippen molar-refractivity contribution < 1.29 is 9.90 Å². The van der Waals surface area contributed by atoms with Crippen LogP contribution < -0.4 is 5.32 Å². The zero-order chi connectivity index (χ0) is 15.1. The molecule has 0 radical (unpaired) electrons. The number of benzene rings is 1. The van der Waals surface area contributed by atoms with Crippen LogP contribution in [-0.2, 0) is 0 Å². The van der Waals surface area contributed by atoms with E-state index >= 15 is 0 Å². The van der Waals surface area contributed by atoms with Gasteiger partial charge in [-0.15, -0.1) is 11.3 Å². The quantitative estimate of drug-likeness (QED) is 0.855. The molecule has 1 aromatic heterocycles. The fraction of sp³-hybridized carbons (Fsp3) is 0.125. The molecule has 0 aliphatic rings.